The first kappa shape index (κ1) is 17.4. The lowest BCUT2D eigenvalue weighted by atomic mass is 10.00. The Hall–Kier alpha value is -2.38. The summed E-state index contributed by atoms with van der Waals surface area (Å²) in [6.07, 6.45) is 2.04. The van der Waals surface area contributed by atoms with Crippen molar-refractivity contribution in [2.45, 2.75) is 31.8 Å². The van der Waals surface area contributed by atoms with Crippen LogP contribution in [0.2, 0.25) is 0 Å². The summed E-state index contributed by atoms with van der Waals surface area (Å²) in [6, 6.07) is 12.8. The van der Waals surface area contributed by atoms with Crippen molar-refractivity contribution in [3.63, 3.8) is 0 Å². The van der Waals surface area contributed by atoms with E-state index in [2.05, 4.69) is 28.2 Å². The maximum atomic E-state index is 12.4. The molecule has 1 aromatic heterocycles. The predicted octanol–water partition coefficient (Wildman–Crippen LogP) is 3.26. The summed E-state index contributed by atoms with van der Waals surface area (Å²) in [5.74, 6) is -0.0953. The molecule has 2 unspecified atom stereocenters. The number of amides is 3. The summed E-state index contributed by atoms with van der Waals surface area (Å²) >= 11 is 1.27. The Labute approximate surface area is 151 Å². The van der Waals surface area contributed by atoms with Crippen molar-refractivity contribution in [3.8, 4) is 0 Å². The van der Waals surface area contributed by atoms with Crippen LogP contribution in [0.15, 0.2) is 42.5 Å². The van der Waals surface area contributed by atoms with Gasteiger partial charge in [0.15, 0.2) is 0 Å². The zero-order chi connectivity index (χ0) is 17.6. The van der Waals surface area contributed by atoms with Gasteiger partial charge in [-0.05, 0) is 50.6 Å². The molecule has 4 N–H and O–H groups in total. The molecule has 3 amide bonds. The number of benzene rings is 1. The number of urea groups is 1. The van der Waals surface area contributed by atoms with Gasteiger partial charge in [0.25, 0.3) is 5.91 Å². The Balaban J connectivity index is 1.54. The molecular formula is C18H22N4O2S. The van der Waals surface area contributed by atoms with E-state index < -0.39 is 0 Å². The van der Waals surface area contributed by atoms with Crippen molar-refractivity contribution in [3.05, 3.63) is 47.3 Å². The molecule has 1 aliphatic heterocycles. The molecule has 1 aliphatic rings. The van der Waals surface area contributed by atoms with Gasteiger partial charge in [0.2, 0.25) is 0 Å². The van der Waals surface area contributed by atoms with E-state index in [9.17, 15) is 9.59 Å². The van der Waals surface area contributed by atoms with E-state index in [0.29, 0.717) is 15.6 Å². The minimum atomic E-state index is -0.329. The number of rotatable bonds is 4. The topological polar surface area (TPSA) is 82.3 Å². The van der Waals surface area contributed by atoms with Crippen LogP contribution in [0.5, 0.6) is 0 Å². The van der Waals surface area contributed by atoms with Crippen LogP contribution < -0.4 is 21.3 Å². The molecule has 0 spiro atoms. The van der Waals surface area contributed by atoms with Gasteiger partial charge in [-0.15, -0.1) is 11.3 Å². The van der Waals surface area contributed by atoms with Gasteiger partial charge < -0.3 is 16.0 Å². The van der Waals surface area contributed by atoms with Crippen molar-refractivity contribution in [2.75, 3.05) is 17.2 Å². The first-order chi connectivity index (χ1) is 12.1. The highest BCUT2D eigenvalue weighted by atomic mass is 32.1. The van der Waals surface area contributed by atoms with Crippen molar-refractivity contribution >= 4 is 34.0 Å². The standard InChI is InChI=1S/C18H22N4O2S/c1-12-14(8-5-11-19-12)21-17(23)15-9-10-16(25-15)22-18(24)20-13-6-3-2-4-7-13/h2-4,6-7,9-10,12,14,19H,5,8,11H2,1H3,(H,21,23)(H2,20,22,24). The van der Waals surface area contributed by atoms with Gasteiger partial charge in [-0.25, -0.2) is 4.79 Å². The number of carbonyl (C=O) groups excluding carboxylic acids is 2. The lowest BCUT2D eigenvalue weighted by Gasteiger charge is -2.30. The van der Waals surface area contributed by atoms with E-state index in [1.807, 2.05) is 30.3 Å². The normalized spacial score (nSPS) is 19.9. The fraction of sp³-hybridized carbons (Fsp3) is 0.333. The Morgan fingerprint density at radius 1 is 1.12 bits per heavy atom. The van der Waals surface area contributed by atoms with Crippen LogP contribution in [0.1, 0.15) is 29.4 Å². The molecule has 2 aromatic rings. The Morgan fingerprint density at radius 2 is 1.92 bits per heavy atom. The zero-order valence-corrected chi connectivity index (χ0v) is 14.9. The quantitative estimate of drug-likeness (QED) is 0.677. The highest BCUT2D eigenvalue weighted by Gasteiger charge is 2.23. The van der Waals surface area contributed by atoms with Crippen molar-refractivity contribution in [2.24, 2.45) is 0 Å². The van der Waals surface area contributed by atoms with Crippen molar-refractivity contribution in [1.82, 2.24) is 10.6 Å². The van der Waals surface area contributed by atoms with Gasteiger partial charge in [-0.3, -0.25) is 10.1 Å². The third-order valence-corrected chi connectivity index (χ3v) is 5.18. The second-order valence-corrected chi connectivity index (χ2v) is 7.16. The number of hydrogen-bond donors (Lipinski definition) is 4. The van der Waals surface area contributed by atoms with Gasteiger partial charge >= 0.3 is 6.03 Å². The number of hydrogen-bond acceptors (Lipinski definition) is 4. The first-order valence-corrected chi connectivity index (χ1v) is 9.20. The second-order valence-electron chi connectivity index (χ2n) is 6.07. The monoisotopic (exact) mass is 358 g/mol. The molecule has 3 rings (SSSR count). The minimum Gasteiger partial charge on any atom is -0.347 e. The average molecular weight is 358 g/mol. The zero-order valence-electron chi connectivity index (χ0n) is 14.0. The summed E-state index contributed by atoms with van der Waals surface area (Å²) in [5, 5.41) is 12.6. The van der Waals surface area contributed by atoms with E-state index in [-0.39, 0.29) is 24.0 Å². The van der Waals surface area contributed by atoms with Crippen LogP contribution in [0.25, 0.3) is 0 Å². The molecule has 7 heteroatoms. The van der Waals surface area contributed by atoms with Gasteiger partial charge in [0.1, 0.15) is 0 Å². The molecule has 2 heterocycles. The number of anilines is 2. The number of nitrogens with one attached hydrogen (secondary N) is 4. The van der Waals surface area contributed by atoms with E-state index >= 15 is 0 Å². The molecule has 0 bridgehead atoms. The Bertz CT molecular complexity index is 732. The summed E-state index contributed by atoms with van der Waals surface area (Å²) < 4.78 is 0. The summed E-state index contributed by atoms with van der Waals surface area (Å²) in [6.45, 7) is 3.08. The first-order valence-electron chi connectivity index (χ1n) is 8.39. The van der Waals surface area contributed by atoms with E-state index in [1.165, 1.54) is 11.3 Å². The van der Waals surface area contributed by atoms with Gasteiger partial charge in [0, 0.05) is 17.8 Å². The van der Waals surface area contributed by atoms with E-state index in [0.717, 1.165) is 19.4 Å². The van der Waals surface area contributed by atoms with Crippen LogP contribution in [0.4, 0.5) is 15.5 Å². The van der Waals surface area contributed by atoms with Crippen molar-refractivity contribution in [1.29, 1.82) is 0 Å². The Morgan fingerprint density at radius 3 is 2.68 bits per heavy atom. The van der Waals surface area contributed by atoms with E-state index in [1.54, 1.807) is 12.1 Å². The highest BCUT2D eigenvalue weighted by Crippen LogP contribution is 2.22. The number of piperidine rings is 1. The van der Waals surface area contributed by atoms with Crippen LogP contribution in [-0.2, 0) is 0 Å². The van der Waals surface area contributed by atoms with E-state index in [4.69, 9.17) is 0 Å². The molecule has 132 valence electrons. The SMILES string of the molecule is CC1NCCCC1NC(=O)c1ccc(NC(=O)Nc2ccccc2)s1. The van der Waals surface area contributed by atoms with Crippen molar-refractivity contribution < 1.29 is 9.59 Å². The molecule has 6 nitrogen and oxygen atoms in total. The number of thiophene rings is 1. The minimum absolute atomic E-state index is 0.0953. The fourth-order valence-corrected chi connectivity index (χ4v) is 3.61. The van der Waals surface area contributed by atoms with Gasteiger partial charge in [0.05, 0.1) is 9.88 Å². The number of para-hydroxylation sites is 1. The fourth-order valence-electron chi connectivity index (χ4n) is 2.80. The predicted molar refractivity (Wildman–Crippen MR) is 101 cm³/mol. The van der Waals surface area contributed by atoms with Crippen LogP contribution in [0.3, 0.4) is 0 Å². The third-order valence-electron chi connectivity index (χ3n) is 4.18. The third kappa shape index (κ3) is 4.80. The largest absolute Gasteiger partial charge is 0.347 e. The van der Waals surface area contributed by atoms with Crippen LogP contribution in [-0.4, -0.2) is 30.6 Å². The second kappa shape index (κ2) is 8.13. The molecule has 0 aliphatic carbocycles. The average Bonchev–Trinajstić information content (AvgIpc) is 3.06. The van der Waals surface area contributed by atoms with Crippen LogP contribution in [0, 0.1) is 0 Å². The lowest BCUT2D eigenvalue weighted by Crippen LogP contribution is -2.51. The summed E-state index contributed by atoms with van der Waals surface area (Å²) in [5.41, 5.74) is 0.716. The summed E-state index contributed by atoms with van der Waals surface area (Å²) in [7, 11) is 0. The maximum Gasteiger partial charge on any atom is 0.324 e. The number of carbonyl (C=O) groups is 2. The van der Waals surface area contributed by atoms with Gasteiger partial charge in [-0.2, -0.15) is 0 Å². The molecule has 1 fully saturated rings. The molecule has 0 saturated carbocycles. The lowest BCUT2D eigenvalue weighted by molar-refractivity contribution is 0.0924. The molecule has 25 heavy (non-hydrogen) atoms. The Kier molecular flexibility index (Phi) is 5.67. The summed E-state index contributed by atoms with van der Waals surface area (Å²) in [4.78, 5) is 25.0. The smallest absolute Gasteiger partial charge is 0.324 e. The molecule has 1 saturated heterocycles. The molecule has 2 atom stereocenters. The maximum absolute atomic E-state index is 12.4. The molecule has 1 aromatic carbocycles. The molecule has 0 radical (unpaired) electrons. The highest BCUT2D eigenvalue weighted by molar-refractivity contribution is 7.18. The van der Waals surface area contributed by atoms with Gasteiger partial charge in [-0.1, -0.05) is 18.2 Å². The molecular weight excluding hydrogens is 336 g/mol. The van der Waals surface area contributed by atoms with Crippen LogP contribution >= 0.6 is 11.3 Å².